The van der Waals surface area contributed by atoms with Gasteiger partial charge in [0.1, 0.15) is 0 Å². The lowest BCUT2D eigenvalue weighted by Gasteiger charge is -2.18. The molecule has 0 bridgehead atoms. The van der Waals surface area contributed by atoms with Gasteiger partial charge in [0.25, 0.3) is 0 Å². The SMILES string of the molecule is Cc1cc(NC2CCN(c3ncccc3F)C2)ccn1. The molecule has 0 saturated carbocycles. The Labute approximate surface area is 117 Å². The molecule has 4 nitrogen and oxygen atoms in total. The van der Waals surface area contributed by atoms with E-state index in [1.54, 1.807) is 18.5 Å². The maximum Gasteiger partial charge on any atom is 0.165 e. The van der Waals surface area contributed by atoms with E-state index in [1.165, 1.54) is 6.07 Å². The van der Waals surface area contributed by atoms with Gasteiger partial charge >= 0.3 is 0 Å². The van der Waals surface area contributed by atoms with Crippen LogP contribution in [0.3, 0.4) is 0 Å². The number of aryl methyl sites for hydroxylation is 1. The van der Waals surface area contributed by atoms with Gasteiger partial charge in [-0.05, 0) is 37.6 Å². The molecular weight excluding hydrogens is 255 g/mol. The normalized spacial score (nSPS) is 18.3. The monoisotopic (exact) mass is 272 g/mol. The molecular formula is C15H17FN4. The third-order valence-electron chi connectivity index (χ3n) is 3.49. The van der Waals surface area contributed by atoms with E-state index >= 15 is 0 Å². The van der Waals surface area contributed by atoms with E-state index in [9.17, 15) is 4.39 Å². The second kappa shape index (κ2) is 5.45. The number of aromatic nitrogens is 2. The second-order valence-electron chi connectivity index (χ2n) is 5.07. The first-order valence-corrected chi connectivity index (χ1v) is 6.77. The Bertz CT molecular complexity index is 602. The van der Waals surface area contributed by atoms with Crippen LogP contribution in [0, 0.1) is 12.7 Å². The Morgan fingerprint density at radius 2 is 2.20 bits per heavy atom. The summed E-state index contributed by atoms with van der Waals surface area (Å²) in [5, 5.41) is 3.47. The number of nitrogens with zero attached hydrogens (tertiary/aromatic N) is 3. The van der Waals surface area contributed by atoms with Crippen LogP contribution in [0.2, 0.25) is 0 Å². The number of rotatable bonds is 3. The molecule has 1 atom stereocenters. The lowest BCUT2D eigenvalue weighted by atomic mass is 10.2. The fraction of sp³-hybridized carbons (Fsp3) is 0.333. The fourth-order valence-corrected chi connectivity index (χ4v) is 2.55. The lowest BCUT2D eigenvalue weighted by molar-refractivity contribution is 0.615. The third-order valence-corrected chi connectivity index (χ3v) is 3.49. The van der Waals surface area contributed by atoms with E-state index in [4.69, 9.17) is 0 Å². The van der Waals surface area contributed by atoms with Gasteiger partial charge in [-0.15, -0.1) is 0 Å². The number of hydrogen-bond acceptors (Lipinski definition) is 4. The van der Waals surface area contributed by atoms with Gasteiger partial charge < -0.3 is 10.2 Å². The highest BCUT2D eigenvalue weighted by molar-refractivity contribution is 5.47. The molecule has 104 valence electrons. The average molecular weight is 272 g/mol. The van der Waals surface area contributed by atoms with Crippen molar-refractivity contribution in [3.05, 3.63) is 48.2 Å². The van der Waals surface area contributed by atoms with Crippen LogP contribution in [-0.4, -0.2) is 29.1 Å². The molecule has 3 heterocycles. The van der Waals surface area contributed by atoms with Crippen molar-refractivity contribution in [1.82, 2.24) is 9.97 Å². The molecule has 0 aromatic carbocycles. The average Bonchev–Trinajstić information content (AvgIpc) is 2.87. The third kappa shape index (κ3) is 2.71. The van der Waals surface area contributed by atoms with Crippen molar-refractivity contribution in [2.24, 2.45) is 0 Å². The number of pyridine rings is 2. The molecule has 1 aliphatic heterocycles. The highest BCUT2D eigenvalue weighted by atomic mass is 19.1. The van der Waals surface area contributed by atoms with Crippen molar-refractivity contribution < 1.29 is 4.39 Å². The largest absolute Gasteiger partial charge is 0.380 e. The van der Waals surface area contributed by atoms with Crippen LogP contribution in [0.15, 0.2) is 36.7 Å². The molecule has 1 aliphatic rings. The van der Waals surface area contributed by atoms with Crippen molar-refractivity contribution in [2.75, 3.05) is 23.3 Å². The van der Waals surface area contributed by atoms with Crippen LogP contribution in [0.5, 0.6) is 0 Å². The molecule has 20 heavy (non-hydrogen) atoms. The Morgan fingerprint density at radius 3 is 3.00 bits per heavy atom. The van der Waals surface area contributed by atoms with Crippen molar-refractivity contribution in [3.63, 3.8) is 0 Å². The summed E-state index contributed by atoms with van der Waals surface area (Å²) in [5.74, 6) is 0.190. The molecule has 3 rings (SSSR count). The number of halogens is 1. The van der Waals surface area contributed by atoms with Crippen molar-refractivity contribution in [1.29, 1.82) is 0 Å². The molecule has 1 N–H and O–H groups in total. The minimum Gasteiger partial charge on any atom is -0.380 e. The first-order valence-electron chi connectivity index (χ1n) is 6.77. The van der Waals surface area contributed by atoms with Crippen molar-refractivity contribution in [3.8, 4) is 0 Å². The quantitative estimate of drug-likeness (QED) is 0.932. The van der Waals surface area contributed by atoms with E-state index in [0.717, 1.165) is 30.9 Å². The second-order valence-corrected chi connectivity index (χ2v) is 5.07. The fourth-order valence-electron chi connectivity index (χ4n) is 2.55. The molecule has 0 radical (unpaired) electrons. The zero-order valence-electron chi connectivity index (χ0n) is 11.4. The van der Waals surface area contributed by atoms with Gasteiger partial charge in [-0.2, -0.15) is 0 Å². The maximum absolute atomic E-state index is 13.7. The number of nitrogens with one attached hydrogen (secondary N) is 1. The van der Waals surface area contributed by atoms with E-state index in [1.807, 2.05) is 24.0 Å². The molecule has 5 heteroatoms. The summed E-state index contributed by atoms with van der Waals surface area (Å²) in [6.07, 6.45) is 4.39. The van der Waals surface area contributed by atoms with Crippen LogP contribution in [-0.2, 0) is 0 Å². The van der Waals surface area contributed by atoms with Crippen LogP contribution < -0.4 is 10.2 Å². The van der Waals surface area contributed by atoms with Gasteiger partial charge in [-0.1, -0.05) is 0 Å². The Hall–Kier alpha value is -2.17. The first-order chi connectivity index (χ1) is 9.72. The molecule has 1 saturated heterocycles. The van der Waals surface area contributed by atoms with Gasteiger partial charge in [0.2, 0.25) is 0 Å². The summed E-state index contributed by atoms with van der Waals surface area (Å²) in [7, 11) is 0. The van der Waals surface area contributed by atoms with Gasteiger partial charge in [-0.25, -0.2) is 9.37 Å². The van der Waals surface area contributed by atoms with Gasteiger partial charge in [0, 0.05) is 42.9 Å². The van der Waals surface area contributed by atoms with Crippen LogP contribution in [0.25, 0.3) is 0 Å². The van der Waals surface area contributed by atoms with Gasteiger partial charge in [-0.3, -0.25) is 4.98 Å². The zero-order chi connectivity index (χ0) is 13.9. The molecule has 1 fully saturated rings. The minimum absolute atomic E-state index is 0.257. The minimum atomic E-state index is -0.257. The lowest BCUT2D eigenvalue weighted by Crippen LogP contribution is -2.27. The number of anilines is 2. The van der Waals surface area contributed by atoms with E-state index < -0.39 is 0 Å². The van der Waals surface area contributed by atoms with Gasteiger partial charge in [0.15, 0.2) is 11.6 Å². The summed E-state index contributed by atoms with van der Waals surface area (Å²) < 4.78 is 13.7. The predicted molar refractivity (Wildman–Crippen MR) is 77.4 cm³/mol. The molecule has 1 unspecified atom stereocenters. The highest BCUT2D eigenvalue weighted by Gasteiger charge is 2.25. The zero-order valence-corrected chi connectivity index (χ0v) is 11.4. The Balaban J connectivity index is 1.67. The van der Waals surface area contributed by atoms with Crippen molar-refractivity contribution >= 4 is 11.5 Å². The summed E-state index contributed by atoms with van der Waals surface area (Å²) in [6.45, 7) is 3.54. The maximum atomic E-state index is 13.7. The van der Waals surface area contributed by atoms with Crippen molar-refractivity contribution in [2.45, 2.75) is 19.4 Å². The van der Waals surface area contributed by atoms with E-state index in [-0.39, 0.29) is 5.82 Å². The Kier molecular flexibility index (Phi) is 3.50. The number of hydrogen-bond donors (Lipinski definition) is 1. The van der Waals surface area contributed by atoms with Gasteiger partial charge in [0.05, 0.1) is 0 Å². The topological polar surface area (TPSA) is 41.0 Å². The Morgan fingerprint density at radius 1 is 1.30 bits per heavy atom. The molecule has 0 aliphatic carbocycles. The summed E-state index contributed by atoms with van der Waals surface area (Å²) in [5.41, 5.74) is 2.05. The molecule has 0 spiro atoms. The summed E-state index contributed by atoms with van der Waals surface area (Å²) >= 11 is 0. The summed E-state index contributed by atoms with van der Waals surface area (Å²) in [4.78, 5) is 10.3. The predicted octanol–water partition coefficient (Wildman–Crippen LogP) is 2.61. The molecule has 2 aromatic heterocycles. The molecule has 2 aromatic rings. The van der Waals surface area contributed by atoms with Crippen LogP contribution in [0.4, 0.5) is 15.9 Å². The van der Waals surface area contributed by atoms with Crippen LogP contribution >= 0.6 is 0 Å². The first kappa shape index (κ1) is 12.8. The van der Waals surface area contributed by atoms with Crippen LogP contribution in [0.1, 0.15) is 12.1 Å². The highest BCUT2D eigenvalue weighted by Crippen LogP contribution is 2.22. The van der Waals surface area contributed by atoms with E-state index in [0.29, 0.717) is 11.9 Å². The standard InChI is InChI=1S/C15H17FN4/c1-11-9-12(4-7-17-11)19-13-5-8-20(10-13)15-14(16)3-2-6-18-15/h2-4,6-7,9,13H,5,8,10H2,1H3,(H,17,19). The van der Waals surface area contributed by atoms with E-state index in [2.05, 4.69) is 15.3 Å². The summed E-state index contributed by atoms with van der Waals surface area (Å²) in [6, 6.07) is 7.35. The smallest absolute Gasteiger partial charge is 0.165 e. The molecule has 0 amide bonds.